The van der Waals surface area contributed by atoms with E-state index in [0.717, 1.165) is 11.1 Å². The molecule has 2 rings (SSSR count). The van der Waals surface area contributed by atoms with Crippen LogP contribution in [-0.2, 0) is 0 Å². The lowest BCUT2D eigenvalue weighted by Crippen LogP contribution is -2.28. The molecule has 0 amide bonds. The third-order valence-corrected chi connectivity index (χ3v) is 2.69. The van der Waals surface area contributed by atoms with Crippen molar-refractivity contribution in [2.75, 3.05) is 7.05 Å². The molecule has 0 aliphatic rings. The van der Waals surface area contributed by atoms with Gasteiger partial charge in [0.25, 0.3) is 0 Å². The minimum absolute atomic E-state index is 0.209. The number of guanidine groups is 1. The van der Waals surface area contributed by atoms with Crippen LogP contribution in [0.1, 0.15) is 11.1 Å². The number of benzene rings is 2. The largest absolute Gasteiger partial charge is 0.369 e. The third-order valence-electron chi connectivity index (χ3n) is 2.69. The van der Waals surface area contributed by atoms with Gasteiger partial charge in [0.1, 0.15) is 5.82 Å². The second kappa shape index (κ2) is 6.47. The van der Waals surface area contributed by atoms with Crippen molar-refractivity contribution >= 4 is 11.7 Å². The summed E-state index contributed by atoms with van der Waals surface area (Å²) in [5.41, 5.74) is 10.6. The maximum atomic E-state index is 13.0. The number of hydrogen-bond donors (Lipinski definition) is 2. The van der Waals surface area contributed by atoms with E-state index in [0.29, 0.717) is 5.71 Å². The molecule has 0 aliphatic heterocycles. The third kappa shape index (κ3) is 3.41. The van der Waals surface area contributed by atoms with Crippen LogP contribution in [0.2, 0.25) is 0 Å². The summed E-state index contributed by atoms with van der Waals surface area (Å²) in [6, 6.07) is 15.7. The molecule has 0 atom stereocenters. The Balaban J connectivity index is 2.41. The highest BCUT2D eigenvalue weighted by atomic mass is 19.1. The summed E-state index contributed by atoms with van der Waals surface area (Å²) < 4.78 is 13.0. The number of nitrogens with one attached hydrogen (secondary N) is 1. The van der Waals surface area contributed by atoms with Crippen molar-refractivity contribution in [2.45, 2.75) is 0 Å². The summed E-state index contributed by atoms with van der Waals surface area (Å²) in [6.45, 7) is 0. The molecule has 5 heteroatoms. The van der Waals surface area contributed by atoms with Gasteiger partial charge in [0.05, 0.1) is 5.71 Å². The van der Waals surface area contributed by atoms with Gasteiger partial charge in [-0.3, -0.25) is 4.99 Å². The molecule has 0 aromatic heterocycles. The van der Waals surface area contributed by atoms with Crippen LogP contribution in [0.4, 0.5) is 4.39 Å². The molecule has 0 fully saturated rings. The van der Waals surface area contributed by atoms with Crippen molar-refractivity contribution in [3.63, 3.8) is 0 Å². The highest BCUT2D eigenvalue weighted by Crippen LogP contribution is 2.11. The van der Waals surface area contributed by atoms with Crippen LogP contribution in [0.25, 0.3) is 0 Å². The van der Waals surface area contributed by atoms with E-state index in [-0.39, 0.29) is 11.8 Å². The van der Waals surface area contributed by atoms with Crippen LogP contribution >= 0.6 is 0 Å². The molecule has 3 N–H and O–H groups in total. The molecular formula is C15H15FN4. The van der Waals surface area contributed by atoms with Crippen LogP contribution < -0.4 is 11.2 Å². The average molecular weight is 270 g/mol. The number of hydrazone groups is 1. The molecule has 2 aromatic carbocycles. The monoisotopic (exact) mass is 270 g/mol. The quantitative estimate of drug-likeness (QED) is 0.510. The van der Waals surface area contributed by atoms with Gasteiger partial charge < -0.3 is 5.73 Å². The molecule has 0 spiro atoms. The normalized spacial score (nSPS) is 12.3. The second-order valence-corrected chi connectivity index (χ2v) is 4.05. The molecule has 4 nitrogen and oxygen atoms in total. The maximum absolute atomic E-state index is 13.0. The Kier molecular flexibility index (Phi) is 4.44. The number of nitrogens with zero attached hydrogens (tertiary/aromatic N) is 2. The number of hydrogen-bond acceptors (Lipinski definition) is 2. The molecule has 0 bridgehead atoms. The zero-order valence-electron chi connectivity index (χ0n) is 11.0. The van der Waals surface area contributed by atoms with Crippen LogP contribution in [-0.4, -0.2) is 18.7 Å². The summed E-state index contributed by atoms with van der Waals surface area (Å²) in [4.78, 5) is 3.78. The van der Waals surface area contributed by atoms with Crippen molar-refractivity contribution in [3.05, 3.63) is 71.5 Å². The maximum Gasteiger partial charge on any atom is 0.209 e. The highest BCUT2D eigenvalue weighted by molar-refractivity contribution is 6.13. The first-order valence-corrected chi connectivity index (χ1v) is 6.08. The standard InChI is InChI=1S/C15H15FN4/c1-18-15(17)20-19-14(11-5-3-2-4-6-11)12-7-9-13(16)10-8-12/h2-10H,1H3,(H3,17,18,20). The van der Waals surface area contributed by atoms with Crippen molar-refractivity contribution in [3.8, 4) is 0 Å². The van der Waals surface area contributed by atoms with E-state index in [9.17, 15) is 4.39 Å². The predicted octanol–water partition coefficient (Wildman–Crippen LogP) is 2.11. The molecule has 0 aliphatic carbocycles. The Morgan fingerprint density at radius 1 is 1.00 bits per heavy atom. The summed E-state index contributed by atoms with van der Waals surface area (Å²) in [6.07, 6.45) is 0. The SMILES string of the molecule is CN=C(N)NN=C(c1ccccc1)c1ccc(F)cc1. The van der Waals surface area contributed by atoms with Crippen molar-refractivity contribution in [1.82, 2.24) is 5.43 Å². The van der Waals surface area contributed by atoms with Crippen LogP contribution in [0.5, 0.6) is 0 Å². The van der Waals surface area contributed by atoms with Gasteiger partial charge in [0, 0.05) is 18.2 Å². The fraction of sp³-hybridized carbons (Fsp3) is 0.0667. The Morgan fingerprint density at radius 2 is 1.60 bits per heavy atom. The number of halogens is 1. The molecule has 2 aromatic rings. The van der Waals surface area contributed by atoms with Crippen LogP contribution in [0, 0.1) is 5.82 Å². The predicted molar refractivity (Wildman–Crippen MR) is 79.2 cm³/mol. The first kappa shape index (κ1) is 13.7. The summed E-state index contributed by atoms with van der Waals surface area (Å²) >= 11 is 0. The number of aliphatic imine (C=N–C) groups is 1. The van der Waals surface area contributed by atoms with Gasteiger partial charge in [-0.25, -0.2) is 9.82 Å². The van der Waals surface area contributed by atoms with E-state index < -0.39 is 0 Å². The van der Waals surface area contributed by atoms with E-state index in [4.69, 9.17) is 5.73 Å². The molecule has 102 valence electrons. The van der Waals surface area contributed by atoms with Crippen molar-refractivity contribution in [2.24, 2.45) is 15.8 Å². The summed E-state index contributed by atoms with van der Waals surface area (Å²) in [7, 11) is 1.57. The summed E-state index contributed by atoms with van der Waals surface area (Å²) in [5, 5.41) is 4.25. The Labute approximate surface area is 116 Å². The summed E-state index contributed by atoms with van der Waals surface area (Å²) in [5.74, 6) is -0.0794. The zero-order chi connectivity index (χ0) is 14.4. The van der Waals surface area contributed by atoms with E-state index in [1.54, 1.807) is 19.2 Å². The minimum Gasteiger partial charge on any atom is -0.369 e. The first-order chi connectivity index (χ1) is 9.70. The van der Waals surface area contributed by atoms with Gasteiger partial charge in [-0.1, -0.05) is 30.3 Å². The second-order valence-electron chi connectivity index (χ2n) is 4.05. The molecular weight excluding hydrogens is 255 g/mol. The molecule has 0 saturated heterocycles. The Bertz CT molecular complexity index is 618. The first-order valence-electron chi connectivity index (χ1n) is 6.08. The molecule has 0 radical (unpaired) electrons. The van der Waals surface area contributed by atoms with Gasteiger partial charge in [-0.15, -0.1) is 0 Å². The Morgan fingerprint density at radius 3 is 2.20 bits per heavy atom. The lowest BCUT2D eigenvalue weighted by molar-refractivity contribution is 0.628. The lowest BCUT2D eigenvalue weighted by atomic mass is 10.0. The van der Waals surface area contributed by atoms with Gasteiger partial charge in [-0.05, 0) is 24.3 Å². The topological polar surface area (TPSA) is 62.8 Å². The van der Waals surface area contributed by atoms with E-state index in [2.05, 4.69) is 15.5 Å². The van der Waals surface area contributed by atoms with E-state index in [1.165, 1.54) is 12.1 Å². The fourth-order valence-corrected chi connectivity index (χ4v) is 1.66. The van der Waals surface area contributed by atoms with Crippen LogP contribution in [0.3, 0.4) is 0 Å². The van der Waals surface area contributed by atoms with Crippen molar-refractivity contribution in [1.29, 1.82) is 0 Å². The minimum atomic E-state index is -0.288. The van der Waals surface area contributed by atoms with Gasteiger partial charge in [0.15, 0.2) is 0 Å². The van der Waals surface area contributed by atoms with E-state index >= 15 is 0 Å². The average Bonchev–Trinajstić information content (AvgIpc) is 2.50. The number of rotatable bonds is 3. The van der Waals surface area contributed by atoms with Crippen molar-refractivity contribution < 1.29 is 4.39 Å². The van der Waals surface area contributed by atoms with Gasteiger partial charge in [0.2, 0.25) is 5.96 Å². The Hall–Kier alpha value is -2.69. The van der Waals surface area contributed by atoms with Gasteiger partial charge in [-0.2, -0.15) is 5.10 Å². The van der Waals surface area contributed by atoms with E-state index in [1.807, 2.05) is 30.3 Å². The molecule has 20 heavy (non-hydrogen) atoms. The van der Waals surface area contributed by atoms with Crippen LogP contribution in [0.15, 0.2) is 64.7 Å². The zero-order valence-corrected chi connectivity index (χ0v) is 11.0. The molecule has 0 heterocycles. The molecule has 0 saturated carbocycles. The van der Waals surface area contributed by atoms with Gasteiger partial charge >= 0.3 is 0 Å². The highest BCUT2D eigenvalue weighted by Gasteiger charge is 2.07. The lowest BCUT2D eigenvalue weighted by Gasteiger charge is -2.08. The number of nitrogens with two attached hydrogens (primary N) is 1. The fourth-order valence-electron chi connectivity index (χ4n) is 1.66. The smallest absolute Gasteiger partial charge is 0.209 e. The molecule has 0 unspecified atom stereocenters.